The van der Waals surface area contributed by atoms with E-state index in [1.807, 2.05) is 50.2 Å². The molecule has 1 fully saturated rings. The molecule has 0 radical (unpaired) electrons. The summed E-state index contributed by atoms with van der Waals surface area (Å²) in [4.78, 5) is 28.3. The number of aliphatic hydroxyl groups excluding tert-OH is 1. The fourth-order valence-corrected chi connectivity index (χ4v) is 5.77. The number of hydrogen-bond donors (Lipinski definition) is 3. The molecule has 1 aliphatic heterocycles. The maximum atomic E-state index is 13.3. The van der Waals surface area contributed by atoms with E-state index in [1.54, 1.807) is 24.4 Å². The molecule has 232 valence electrons. The average molecular weight is 619 g/mol. The molecule has 2 atom stereocenters. The molecular formula is C32H38N6O5S. The van der Waals surface area contributed by atoms with Gasteiger partial charge in [-0.25, -0.2) is 19.7 Å². The fraction of sp³-hybridized carbons (Fsp3) is 0.312. The van der Waals surface area contributed by atoms with E-state index < -0.39 is 15.9 Å². The molecule has 3 aromatic heterocycles. The molecule has 0 bridgehead atoms. The summed E-state index contributed by atoms with van der Waals surface area (Å²) >= 11 is 0. The van der Waals surface area contributed by atoms with Gasteiger partial charge in [-0.1, -0.05) is 36.4 Å². The molecule has 5 rings (SSSR count). The number of carbonyl (C=O) groups excluding carboxylic acids is 1. The number of benzene rings is 1. The maximum absolute atomic E-state index is 13.3. The molecule has 0 unspecified atom stereocenters. The molecule has 4 N–H and O–H groups in total. The lowest BCUT2D eigenvalue weighted by Crippen LogP contribution is -2.37. The van der Waals surface area contributed by atoms with E-state index in [2.05, 4.69) is 33.4 Å². The van der Waals surface area contributed by atoms with E-state index in [1.165, 1.54) is 18.2 Å². The predicted molar refractivity (Wildman–Crippen MR) is 170 cm³/mol. The minimum Gasteiger partial charge on any atom is -0.475 e. The number of carbonyl (C=O) groups is 1. The fourth-order valence-electron chi connectivity index (χ4n) is 4.83. The van der Waals surface area contributed by atoms with Crippen LogP contribution in [-0.4, -0.2) is 52.6 Å². The number of aromatic nitrogens is 3. The Bertz CT molecular complexity index is 1660. The second-order valence-electron chi connectivity index (χ2n) is 10.8. The monoisotopic (exact) mass is 618 g/mol. The first-order chi connectivity index (χ1) is 21.0. The summed E-state index contributed by atoms with van der Waals surface area (Å²) in [5, 5.41) is 8.20. The number of sulfonamides is 1. The molecule has 1 saturated heterocycles. The van der Waals surface area contributed by atoms with Gasteiger partial charge in [-0.2, -0.15) is 8.42 Å². The van der Waals surface area contributed by atoms with Crippen LogP contribution in [0.2, 0.25) is 0 Å². The van der Waals surface area contributed by atoms with Crippen LogP contribution < -0.4 is 20.1 Å². The summed E-state index contributed by atoms with van der Waals surface area (Å²) in [6.45, 7) is 8.11. The second-order valence-corrected chi connectivity index (χ2v) is 12.4. The van der Waals surface area contributed by atoms with Crippen molar-refractivity contribution in [1.82, 2.24) is 19.7 Å². The molecular weight excluding hydrogens is 580 g/mol. The van der Waals surface area contributed by atoms with Crippen molar-refractivity contribution in [2.24, 2.45) is 0 Å². The summed E-state index contributed by atoms with van der Waals surface area (Å²) in [7, 11) is -4.24. The zero-order valence-corrected chi connectivity index (χ0v) is 26.0. The van der Waals surface area contributed by atoms with Crippen molar-refractivity contribution in [2.75, 3.05) is 10.6 Å². The lowest BCUT2D eigenvalue weighted by molar-refractivity contribution is 0.0981. The van der Waals surface area contributed by atoms with Crippen LogP contribution in [0.15, 0.2) is 84.0 Å². The van der Waals surface area contributed by atoms with Crippen molar-refractivity contribution in [3.63, 3.8) is 0 Å². The largest absolute Gasteiger partial charge is 0.475 e. The highest BCUT2D eigenvalue weighted by Crippen LogP contribution is 2.33. The van der Waals surface area contributed by atoms with Crippen LogP contribution in [0.1, 0.15) is 56.5 Å². The Morgan fingerprint density at radius 2 is 1.70 bits per heavy atom. The van der Waals surface area contributed by atoms with Gasteiger partial charge in [0.1, 0.15) is 11.6 Å². The number of hydrogen-bond acceptors (Lipinski definition) is 10. The Morgan fingerprint density at radius 3 is 2.27 bits per heavy atom. The van der Waals surface area contributed by atoms with Crippen molar-refractivity contribution in [2.45, 2.75) is 70.4 Å². The van der Waals surface area contributed by atoms with Crippen LogP contribution >= 0.6 is 0 Å². The van der Waals surface area contributed by atoms with Crippen molar-refractivity contribution < 1.29 is 23.1 Å². The van der Waals surface area contributed by atoms with Crippen LogP contribution in [0.25, 0.3) is 11.3 Å². The number of nitrogens with zero attached hydrogens (tertiary/aromatic N) is 4. The third kappa shape index (κ3) is 8.08. The molecule has 44 heavy (non-hydrogen) atoms. The standard InChI is InChI=1S/C25H30N6O4S.C7H8O/c1-15(2)35-22-13-10-18(14-27-22)20-12-11-19(24(28-20)31-16(3)8-9-17(31)4)25(32)30-36(33,34)23-7-5-6-21(26)29-23;8-6-7-4-2-1-3-5-7/h5-7,10-17H,8-9H2,1-4H3,(H2,26,29)(H,30,32);1-5,8H,6H2/t16-,17+;. The number of amides is 1. The quantitative estimate of drug-likeness (QED) is 0.255. The zero-order valence-electron chi connectivity index (χ0n) is 25.2. The molecule has 11 nitrogen and oxygen atoms in total. The SMILES string of the molecule is CC(C)Oc1ccc(-c2ccc(C(=O)NS(=O)(=O)c3cccc(N)n3)c(N3[C@H](C)CC[C@@H]3C)n2)cn1.OCc1ccccc1. The molecule has 1 amide bonds. The number of pyridine rings is 3. The van der Waals surface area contributed by atoms with Gasteiger partial charge < -0.3 is 20.5 Å². The second kappa shape index (κ2) is 14.3. The van der Waals surface area contributed by atoms with Crippen molar-refractivity contribution >= 4 is 27.6 Å². The van der Waals surface area contributed by atoms with E-state index in [4.69, 9.17) is 20.6 Å². The van der Waals surface area contributed by atoms with Crippen molar-refractivity contribution in [3.8, 4) is 17.1 Å². The van der Waals surface area contributed by atoms with E-state index in [0.717, 1.165) is 24.0 Å². The third-order valence-electron chi connectivity index (χ3n) is 6.98. The molecule has 4 heterocycles. The Labute approximate surface area is 258 Å². The van der Waals surface area contributed by atoms with Gasteiger partial charge in [0.05, 0.1) is 24.0 Å². The summed E-state index contributed by atoms with van der Waals surface area (Å²) in [5.74, 6) is 0.168. The van der Waals surface area contributed by atoms with Gasteiger partial charge in [0.2, 0.25) is 5.88 Å². The van der Waals surface area contributed by atoms with Crippen LogP contribution in [0.4, 0.5) is 11.6 Å². The summed E-state index contributed by atoms with van der Waals surface area (Å²) in [5.41, 5.74) is 8.09. The van der Waals surface area contributed by atoms with Crippen LogP contribution in [0, 0.1) is 0 Å². The summed E-state index contributed by atoms with van der Waals surface area (Å²) < 4.78 is 33.4. The smallest absolute Gasteiger partial charge is 0.281 e. The first-order valence-corrected chi connectivity index (χ1v) is 15.8. The third-order valence-corrected chi connectivity index (χ3v) is 8.21. The van der Waals surface area contributed by atoms with E-state index in [0.29, 0.717) is 17.4 Å². The van der Waals surface area contributed by atoms with Crippen LogP contribution in [0.3, 0.4) is 0 Å². The zero-order chi connectivity index (χ0) is 31.9. The normalized spacial score (nSPS) is 16.3. The molecule has 1 aliphatic rings. The summed E-state index contributed by atoms with van der Waals surface area (Å²) in [6, 6.07) is 20.9. The topological polar surface area (TPSA) is 161 Å². The first-order valence-electron chi connectivity index (χ1n) is 14.4. The number of ether oxygens (including phenoxy) is 1. The van der Waals surface area contributed by atoms with Gasteiger partial charge in [-0.15, -0.1) is 0 Å². The van der Waals surface area contributed by atoms with Crippen LogP contribution in [-0.2, 0) is 16.6 Å². The number of nitrogens with one attached hydrogen (secondary N) is 1. The Balaban J connectivity index is 0.000000479. The molecule has 0 saturated carbocycles. The van der Waals surface area contributed by atoms with Gasteiger partial charge in [-0.3, -0.25) is 4.79 Å². The van der Waals surface area contributed by atoms with Gasteiger partial charge in [0, 0.05) is 29.9 Å². The van der Waals surface area contributed by atoms with Crippen molar-refractivity contribution in [3.05, 3.63) is 90.1 Å². The Kier molecular flexibility index (Phi) is 10.5. The maximum Gasteiger partial charge on any atom is 0.281 e. The lowest BCUT2D eigenvalue weighted by atomic mass is 10.1. The summed E-state index contributed by atoms with van der Waals surface area (Å²) in [6.07, 6.45) is 3.53. The average Bonchev–Trinajstić information content (AvgIpc) is 3.34. The molecule has 4 aromatic rings. The van der Waals surface area contributed by atoms with E-state index in [9.17, 15) is 13.2 Å². The molecule has 1 aromatic carbocycles. The molecule has 12 heteroatoms. The van der Waals surface area contributed by atoms with Gasteiger partial charge in [-0.05, 0) is 76.4 Å². The van der Waals surface area contributed by atoms with E-state index >= 15 is 0 Å². The molecule has 0 spiro atoms. The van der Waals surface area contributed by atoms with Crippen molar-refractivity contribution in [1.29, 1.82) is 0 Å². The number of rotatable bonds is 8. The number of nitrogens with two attached hydrogens (primary N) is 1. The van der Waals surface area contributed by atoms with Gasteiger partial charge >= 0.3 is 0 Å². The Morgan fingerprint density at radius 1 is 1.00 bits per heavy atom. The highest BCUT2D eigenvalue weighted by atomic mass is 32.2. The van der Waals surface area contributed by atoms with E-state index in [-0.39, 0.29) is 41.2 Å². The number of aliphatic hydroxyl groups is 1. The first kappa shape index (κ1) is 32.4. The van der Waals surface area contributed by atoms with Gasteiger partial charge in [0.25, 0.3) is 15.9 Å². The van der Waals surface area contributed by atoms with Gasteiger partial charge in [0.15, 0.2) is 5.03 Å². The van der Waals surface area contributed by atoms with Crippen LogP contribution in [0.5, 0.6) is 5.88 Å². The highest BCUT2D eigenvalue weighted by molar-refractivity contribution is 7.90. The number of anilines is 2. The minimum absolute atomic E-state index is 0.00261. The highest BCUT2D eigenvalue weighted by Gasteiger charge is 2.33. The molecule has 0 aliphatic carbocycles. The Hall–Kier alpha value is -4.55. The number of nitrogen functional groups attached to an aromatic ring is 1. The predicted octanol–water partition coefficient (Wildman–Crippen LogP) is 4.58. The lowest BCUT2D eigenvalue weighted by Gasteiger charge is -2.29. The minimum atomic E-state index is -4.24.